The molecule has 4 nitrogen and oxygen atoms in total. The summed E-state index contributed by atoms with van der Waals surface area (Å²) in [5.74, 6) is 0.731. The van der Waals surface area contributed by atoms with Crippen LogP contribution in [0.5, 0.6) is 5.75 Å². The van der Waals surface area contributed by atoms with Crippen LogP contribution >= 0.6 is 0 Å². The fourth-order valence-electron chi connectivity index (χ4n) is 1.95. The van der Waals surface area contributed by atoms with Gasteiger partial charge in [0.1, 0.15) is 5.75 Å². The largest absolute Gasteiger partial charge is 0.507 e. The molecule has 0 radical (unpaired) electrons. The maximum atomic E-state index is 10.3. The number of anilines is 1. The lowest BCUT2D eigenvalue weighted by Crippen LogP contribution is -1.94. The molecule has 0 spiro atoms. The molecule has 0 amide bonds. The van der Waals surface area contributed by atoms with Crippen LogP contribution in [0.1, 0.15) is 30.9 Å². The van der Waals surface area contributed by atoms with E-state index in [4.69, 9.17) is 10.3 Å². The van der Waals surface area contributed by atoms with Gasteiger partial charge < -0.3 is 15.4 Å². The lowest BCUT2D eigenvalue weighted by molar-refractivity contribution is 0.436. The van der Waals surface area contributed by atoms with Crippen LogP contribution in [-0.4, -0.2) is 10.3 Å². The van der Waals surface area contributed by atoms with E-state index in [1.807, 2.05) is 32.9 Å². The Balaban J connectivity index is 2.69. The zero-order chi connectivity index (χ0) is 12.6. The summed E-state index contributed by atoms with van der Waals surface area (Å²) in [4.78, 5) is 0. The Morgan fingerprint density at radius 2 is 2.06 bits per heavy atom. The molecule has 4 heteroatoms. The Hall–Kier alpha value is -1.97. The number of hydrogen-bond acceptors (Lipinski definition) is 4. The summed E-state index contributed by atoms with van der Waals surface area (Å²) in [5, 5.41) is 14.0. The number of hydrogen-bond donors (Lipinski definition) is 2. The number of benzene rings is 1. The van der Waals surface area contributed by atoms with E-state index in [2.05, 4.69) is 5.16 Å². The van der Waals surface area contributed by atoms with E-state index in [0.29, 0.717) is 11.1 Å². The molecule has 3 N–H and O–H groups in total. The third kappa shape index (κ3) is 1.86. The van der Waals surface area contributed by atoms with Crippen LogP contribution in [0.25, 0.3) is 11.1 Å². The van der Waals surface area contributed by atoms with Gasteiger partial charge in [0.15, 0.2) is 0 Å². The fraction of sp³-hybridized carbons (Fsp3) is 0.308. The summed E-state index contributed by atoms with van der Waals surface area (Å²) >= 11 is 0. The smallest absolute Gasteiger partial charge is 0.230 e. The predicted octanol–water partition coefficient (Wildman–Crippen LogP) is 3.06. The van der Waals surface area contributed by atoms with Gasteiger partial charge >= 0.3 is 0 Å². The first-order valence-corrected chi connectivity index (χ1v) is 5.55. The van der Waals surface area contributed by atoms with E-state index in [-0.39, 0.29) is 17.6 Å². The Labute approximate surface area is 100 Å². The van der Waals surface area contributed by atoms with Crippen molar-refractivity contribution in [3.05, 3.63) is 29.5 Å². The Kier molecular flexibility index (Phi) is 2.79. The molecule has 1 aromatic heterocycles. The van der Waals surface area contributed by atoms with Crippen molar-refractivity contribution in [1.29, 1.82) is 0 Å². The molecule has 0 saturated carbocycles. The molecule has 0 fully saturated rings. The number of nitrogens with zero attached hydrogens (tertiary/aromatic N) is 1. The minimum atomic E-state index is 0.226. The van der Waals surface area contributed by atoms with Crippen molar-refractivity contribution < 1.29 is 9.63 Å². The SMILES string of the molecule is Cc1ccc(C(C)C)c(O)c1-c1cnoc1N. The standard InChI is InChI=1S/C13H16N2O2/c1-7(2)9-5-4-8(3)11(12(9)16)10-6-15-17-13(10)14/h4-7,16H,14H2,1-3H3. The fourth-order valence-corrected chi connectivity index (χ4v) is 1.95. The molecular weight excluding hydrogens is 216 g/mol. The van der Waals surface area contributed by atoms with Gasteiger partial charge in [-0.25, -0.2) is 0 Å². The molecule has 0 saturated heterocycles. The van der Waals surface area contributed by atoms with Gasteiger partial charge in [-0.1, -0.05) is 31.1 Å². The zero-order valence-corrected chi connectivity index (χ0v) is 10.2. The first-order chi connectivity index (χ1) is 8.02. The van der Waals surface area contributed by atoms with Crippen LogP contribution in [0, 0.1) is 6.92 Å². The number of nitrogens with two attached hydrogens (primary N) is 1. The van der Waals surface area contributed by atoms with Gasteiger partial charge in [0.05, 0.1) is 11.8 Å². The van der Waals surface area contributed by atoms with Gasteiger partial charge in [-0.3, -0.25) is 0 Å². The van der Waals surface area contributed by atoms with Gasteiger partial charge in [0.25, 0.3) is 0 Å². The second-order valence-corrected chi connectivity index (χ2v) is 4.45. The Morgan fingerprint density at radius 3 is 2.59 bits per heavy atom. The second-order valence-electron chi connectivity index (χ2n) is 4.45. The molecule has 0 unspecified atom stereocenters. The van der Waals surface area contributed by atoms with E-state index in [9.17, 15) is 5.11 Å². The highest BCUT2D eigenvalue weighted by Gasteiger charge is 2.18. The molecule has 0 aliphatic rings. The molecule has 0 aliphatic carbocycles. The van der Waals surface area contributed by atoms with Gasteiger partial charge in [-0.15, -0.1) is 0 Å². The highest BCUT2D eigenvalue weighted by Crippen LogP contribution is 2.40. The van der Waals surface area contributed by atoms with Crippen LogP contribution in [0.3, 0.4) is 0 Å². The number of nitrogen functional groups attached to an aromatic ring is 1. The zero-order valence-electron chi connectivity index (χ0n) is 10.2. The van der Waals surface area contributed by atoms with Crippen LogP contribution in [0.4, 0.5) is 5.88 Å². The molecule has 0 atom stereocenters. The number of phenols is 1. The maximum Gasteiger partial charge on any atom is 0.230 e. The maximum absolute atomic E-state index is 10.3. The summed E-state index contributed by atoms with van der Waals surface area (Å²) in [6.07, 6.45) is 1.53. The monoisotopic (exact) mass is 232 g/mol. The van der Waals surface area contributed by atoms with Crippen molar-refractivity contribution >= 4 is 5.88 Å². The van der Waals surface area contributed by atoms with Crippen molar-refractivity contribution in [2.24, 2.45) is 0 Å². The van der Waals surface area contributed by atoms with Crippen LogP contribution in [0.15, 0.2) is 22.9 Å². The number of rotatable bonds is 2. The molecule has 17 heavy (non-hydrogen) atoms. The van der Waals surface area contributed by atoms with Crippen molar-refractivity contribution in [3.8, 4) is 16.9 Å². The molecule has 1 heterocycles. The second kappa shape index (κ2) is 4.13. The number of aromatic nitrogens is 1. The first kappa shape index (κ1) is 11.5. The lowest BCUT2D eigenvalue weighted by atomic mass is 9.93. The summed E-state index contributed by atoms with van der Waals surface area (Å²) in [7, 11) is 0. The molecule has 0 aliphatic heterocycles. The number of phenolic OH excluding ortho intramolecular Hbond substituents is 1. The van der Waals surface area contributed by atoms with Gasteiger partial charge in [-0.05, 0) is 24.0 Å². The average molecular weight is 232 g/mol. The average Bonchev–Trinajstić information content (AvgIpc) is 2.64. The molecule has 90 valence electrons. The molecule has 2 rings (SSSR count). The van der Waals surface area contributed by atoms with Crippen molar-refractivity contribution in [2.75, 3.05) is 5.73 Å². The van der Waals surface area contributed by atoms with Gasteiger partial charge in [0.2, 0.25) is 5.88 Å². The van der Waals surface area contributed by atoms with Crippen molar-refractivity contribution in [3.63, 3.8) is 0 Å². The first-order valence-electron chi connectivity index (χ1n) is 5.55. The molecule has 1 aromatic carbocycles. The highest BCUT2D eigenvalue weighted by atomic mass is 16.5. The van der Waals surface area contributed by atoms with E-state index < -0.39 is 0 Å². The third-order valence-corrected chi connectivity index (χ3v) is 2.91. The quantitative estimate of drug-likeness (QED) is 0.834. The van der Waals surface area contributed by atoms with E-state index >= 15 is 0 Å². The summed E-state index contributed by atoms with van der Waals surface area (Å²) in [6, 6.07) is 3.90. The minimum Gasteiger partial charge on any atom is -0.507 e. The summed E-state index contributed by atoms with van der Waals surface area (Å²) in [5.41, 5.74) is 8.88. The van der Waals surface area contributed by atoms with Crippen LogP contribution in [0.2, 0.25) is 0 Å². The highest BCUT2D eigenvalue weighted by molar-refractivity contribution is 5.80. The van der Waals surface area contributed by atoms with E-state index in [1.165, 1.54) is 6.20 Å². The molecule has 2 aromatic rings. The molecule has 0 bridgehead atoms. The van der Waals surface area contributed by atoms with Crippen LogP contribution < -0.4 is 5.73 Å². The van der Waals surface area contributed by atoms with E-state index in [0.717, 1.165) is 11.1 Å². The number of aromatic hydroxyl groups is 1. The van der Waals surface area contributed by atoms with Gasteiger partial charge in [0, 0.05) is 5.56 Å². The topological polar surface area (TPSA) is 72.3 Å². The van der Waals surface area contributed by atoms with E-state index in [1.54, 1.807) is 0 Å². The third-order valence-electron chi connectivity index (χ3n) is 2.91. The van der Waals surface area contributed by atoms with Crippen molar-refractivity contribution in [2.45, 2.75) is 26.7 Å². The van der Waals surface area contributed by atoms with Crippen molar-refractivity contribution in [1.82, 2.24) is 5.16 Å². The Morgan fingerprint density at radius 1 is 1.35 bits per heavy atom. The summed E-state index contributed by atoms with van der Waals surface area (Å²) < 4.78 is 4.85. The summed E-state index contributed by atoms with van der Waals surface area (Å²) in [6.45, 7) is 5.99. The van der Waals surface area contributed by atoms with Crippen LogP contribution in [-0.2, 0) is 0 Å². The molecular formula is C13H16N2O2. The normalized spacial score (nSPS) is 11.1. The number of aryl methyl sites for hydroxylation is 1. The lowest BCUT2D eigenvalue weighted by Gasteiger charge is -2.14. The van der Waals surface area contributed by atoms with Gasteiger partial charge in [-0.2, -0.15) is 0 Å². The minimum absolute atomic E-state index is 0.226. The predicted molar refractivity (Wildman–Crippen MR) is 66.8 cm³/mol. The Bertz CT molecular complexity index is 544.